The second-order valence-electron chi connectivity index (χ2n) is 11.7. The van der Waals surface area contributed by atoms with Crippen molar-refractivity contribution in [2.24, 2.45) is 0 Å². The number of anilines is 1. The lowest BCUT2D eigenvalue weighted by Crippen LogP contribution is -2.44. The maximum Gasteiger partial charge on any atom is 0.359 e. The van der Waals surface area contributed by atoms with E-state index in [0.29, 0.717) is 30.1 Å². The number of aromatic nitrogens is 2. The van der Waals surface area contributed by atoms with E-state index in [1.54, 1.807) is 16.5 Å². The van der Waals surface area contributed by atoms with Gasteiger partial charge in [0.2, 0.25) is 0 Å². The molecule has 4 aliphatic rings. The number of esters is 1. The zero-order valence-electron chi connectivity index (χ0n) is 22.6. The third-order valence-corrected chi connectivity index (χ3v) is 9.82. The highest BCUT2D eigenvalue weighted by Crippen LogP contribution is 2.55. The summed E-state index contributed by atoms with van der Waals surface area (Å²) in [4.78, 5) is 29.1. The Balaban J connectivity index is 1.31. The molecule has 1 amide bonds. The predicted molar refractivity (Wildman–Crippen MR) is 148 cm³/mol. The van der Waals surface area contributed by atoms with Crippen LogP contribution in [0.4, 0.5) is 5.69 Å². The third-order valence-electron chi connectivity index (χ3n) is 8.75. The standard InChI is InChI=1S/C30H31N3O6S/c1-3-38-28(35)25-24-26(33(31-25)22-8-9-23-19(16-22)10-15-39-23)27(34)32(17-29(24)11-12-29)21-6-4-20(5-7-21)30(13-14-30)18-40(2,36)37/h4-9,16H,3,10-15,17-18H2,1-2H3. The van der Waals surface area contributed by atoms with Crippen LogP contribution in [0.5, 0.6) is 5.75 Å². The van der Waals surface area contributed by atoms with Crippen LogP contribution in [0.25, 0.3) is 5.69 Å². The van der Waals surface area contributed by atoms with Gasteiger partial charge in [0.25, 0.3) is 5.91 Å². The maximum atomic E-state index is 14.2. The molecular weight excluding hydrogens is 530 g/mol. The monoisotopic (exact) mass is 561 g/mol. The fourth-order valence-corrected chi connectivity index (χ4v) is 7.92. The highest BCUT2D eigenvalue weighted by atomic mass is 32.2. The normalized spacial score (nSPS) is 19.6. The van der Waals surface area contributed by atoms with E-state index < -0.39 is 15.8 Å². The zero-order chi connectivity index (χ0) is 27.9. The van der Waals surface area contributed by atoms with Crippen molar-refractivity contribution in [3.63, 3.8) is 0 Å². The molecule has 1 aromatic heterocycles. The number of sulfone groups is 1. The van der Waals surface area contributed by atoms with Gasteiger partial charge >= 0.3 is 5.97 Å². The Labute approximate surface area is 233 Å². The highest BCUT2D eigenvalue weighted by molar-refractivity contribution is 7.90. The van der Waals surface area contributed by atoms with E-state index in [1.807, 2.05) is 42.5 Å². The first-order valence-corrected chi connectivity index (χ1v) is 15.9. The van der Waals surface area contributed by atoms with E-state index in [-0.39, 0.29) is 34.8 Å². The van der Waals surface area contributed by atoms with Crippen molar-refractivity contribution in [3.8, 4) is 11.4 Å². The van der Waals surface area contributed by atoms with Crippen molar-refractivity contribution in [2.45, 2.75) is 49.9 Å². The lowest BCUT2D eigenvalue weighted by molar-refractivity contribution is 0.0516. The molecule has 0 unspecified atom stereocenters. The molecule has 0 bridgehead atoms. The number of hydrogen-bond acceptors (Lipinski definition) is 7. The Morgan fingerprint density at radius 3 is 2.45 bits per heavy atom. The van der Waals surface area contributed by atoms with Crippen molar-refractivity contribution < 1.29 is 27.5 Å². The number of amides is 1. The van der Waals surface area contributed by atoms with Crippen molar-refractivity contribution in [3.05, 3.63) is 70.5 Å². The number of fused-ring (bicyclic) bond motifs is 3. The van der Waals surface area contributed by atoms with Crippen LogP contribution >= 0.6 is 0 Å². The van der Waals surface area contributed by atoms with Crippen LogP contribution in [-0.2, 0) is 31.8 Å². The number of benzene rings is 2. The Hall–Kier alpha value is -3.66. The highest BCUT2D eigenvalue weighted by Gasteiger charge is 2.56. The van der Waals surface area contributed by atoms with Crippen LogP contribution in [0, 0.1) is 0 Å². The quantitative estimate of drug-likeness (QED) is 0.404. The summed E-state index contributed by atoms with van der Waals surface area (Å²) < 4.78 is 36.7. The summed E-state index contributed by atoms with van der Waals surface area (Å²) in [6, 6.07) is 13.5. The summed E-state index contributed by atoms with van der Waals surface area (Å²) in [7, 11) is -3.11. The van der Waals surface area contributed by atoms with Crippen LogP contribution < -0.4 is 9.64 Å². The fraction of sp³-hybridized carbons (Fsp3) is 0.433. The van der Waals surface area contributed by atoms with E-state index >= 15 is 0 Å². The van der Waals surface area contributed by atoms with E-state index in [9.17, 15) is 18.0 Å². The van der Waals surface area contributed by atoms with Gasteiger partial charge in [-0.05, 0) is 74.1 Å². The molecule has 0 atom stereocenters. The first kappa shape index (κ1) is 25.3. The summed E-state index contributed by atoms with van der Waals surface area (Å²) in [5.74, 6) is 0.221. The molecule has 2 fully saturated rings. The molecular formula is C30H31N3O6S. The summed E-state index contributed by atoms with van der Waals surface area (Å²) >= 11 is 0. The minimum absolute atomic E-state index is 0.135. The van der Waals surface area contributed by atoms with Gasteiger partial charge in [0.1, 0.15) is 21.3 Å². The van der Waals surface area contributed by atoms with Gasteiger partial charge in [-0.25, -0.2) is 17.9 Å². The van der Waals surface area contributed by atoms with Gasteiger partial charge in [0.15, 0.2) is 5.69 Å². The SMILES string of the molecule is CCOC(=O)c1nn(-c2ccc3c(c2)CCO3)c2c1C1(CC1)CN(c1ccc(C3(CS(C)(=O)=O)CC3)cc1)C2=O. The maximum absolute atomic E-state index is 14.2. The molecule has 1 spiro atoms. The molecule has 2 saturated carbocycles. The van der Waals surface area contributed by atoms with Crippen molar-refractivity contribution >= 4 is 27.4 Å². The van der Waals surface area contributed by atoms with E-state index in [2.05, 4.69) is 0 Å². The number of nitrogens with zero attached hydrogens (tertiary/aromatic N) is 3. The average molecular weight is 562 g/mol. The number of carbonyl (C=O) groups excluding carboxylic acids is 2. The van der Waals surface area contributed by atoms with Gasteiger partial charge in [0, 0.05) is 41.3 Å². The molecule has 0 saturated heterocycles. The molecule has 40 heavy (non-hydrogen) atoms. The number of ether oxygens (including phenoxy) is 2. The predicted octanol–water partition coefficient (Wildman–Crippen LogP) is 3.75. The molecule has 2 aliphatic heterocycles. The Morgan fingerprint density at radius 1 is 1.07 bits per heavy atom. The Kier molecular flexibility index (Phi) is 5.49. The molecule has 0 radical (unpaired) electrons. The van der Waals surface area contributed by atoms with Crippen LogP contribution in [-0.4, -0.2) is 61.8 Å². The van der Waals surface area contributed by atoms with Gasteiger partial charge in [-0.15, -0.1) is 0 Å². The second kappa shape index (κ2) is 8.67. The van der Waals surface area contributed by atoms with Crippen molar-refractivity contribution in [1.29, 1.82) is 0 Å². The number of hydrogen-bond donors (Lipinski definition) is 0. The molecule has 2 aliphatic carbocycles. The van der Waals surface area contributed by atoms with E-state index in [1.165, 1.54) is 6.26 Å². The van der Waals surface area contributed by atoms with Crippen molar-refractivity contribution in [1.82, 2.24) is 9.78 Å². The molecule has 2 aromatic carbocycles. The summed E-state index contributed by atoms with van der Waals surface area (Å²) in [5.41, 5.74) is 4.08. The smallest absolute Gasteiger partial charge is 0.359 e. The topological polar surface area (TPSA) is 108 Å². The van der Waals surface area contributed by atoms with Crippen LogP contribution in [0.2, 0.25) is 0 Å². The van der Waals surface area contributed by atoms with Crippen molar-refractivity contribution in [2.75, 3.05) is 36.7 Å². The molecule has 0 N–H and O–H groups in total. The molecule has 9 nitrogen and oxygen atoms in total. The molecule has 3 aromatic rings. The summed E-state index contributed by atoms with van der Waals surface area (Å²) in [6.45, 7) is 3.04. The van der Waals surface area contributed by atoms with Gasteiger partial charge in [-0.1, -0.05) is 12.1 Å². The Morgan fingerprint density at radius 2 is 1.80 bits per heavy atom. The lowest BCUT2D eigenvalue weighted by atomic mass is 9.88. The fourth-order valence-electron chi connectivity index (χ4n) is 6.46. The molecule has 208 valence electrons. The minimum Gasteiger partial charge on any atom is -0.493 e. The largest absolute Gasteiger partial charge is 0.493 e. The second-order valence-corrected chi connectivity index (χ2v) is 13.8. The third kappa shape index (κ3) is 4.03. The van der Waals surface area contributed by atoms with Crippen LogP contribution in [0.3, 0.4) is 0 Å². The van der Waals surface area contributed by atoms with E-state index in [0.717, 1.165) is 54.7 Å². The van der Waals surface area contributed by atoms with Gasteiger partial charge in [-0.3, -0.25) is 4.79 Å². The summed E-state index contributed by atoms with van der Waals surface area (Å²) in [6.07, 6.45) is 5.42. The van der Waals surface area contributed by atoms with Gasteiger partial charge < -0.3 is 14.4 Å². The molecule has 7 rings (SSSR count). The average Bonchev–Trinajstić information content (AvgIpc) is 3.77. The zero-order valence-corrected chi connectivity index (χ0v) is 23.4. The van der Waals surface area contributed by atoms with Gasteiger partial charge in [-0.2, -0.15) is 5.10 Å². The van der Waals surface area contributed by atoms with E-state index in [4.69, 9.17) is 14.6 Å². The Bertz CT molecular complexity index is 1670. The molecule has 10 heteroatoms. The number of carbonyl (C=O) groups is 2. The lowest BCUT2D eigenvalue weighted by Gasteiger charge is -2.33. The first-order chi connectivity index (χ1) is 19.1. The van der Waals surface area contributed by atoms with Crippen LogP contribution in [0.15, 0.2) is 42.5 Å². The minimum atomic E-state index is -3.11. The van der Waals surface area contributed by atoms with Crippen LogP contribution in [0.1, 0.15) is 70.3 Å². The van der Waals surface area contributed by atoms with Gasteiger partial charge in [0.05, 0.1) is 24.7 Å². The summed E-state index contributed by atoms with van der Waals surface area (Å²) in [5, 5.41) is 4.71. The first-order valence-electron chi connectivity index (χ1n) is 13.8. The molecule has 3 heterocycles. The number of rotatable bonds is 7.